The van der Waals surface area contributed by atoms with E-state index >= 15 is 0 Å². The Morgan fingerprint density at radius 3 is 2.94 bits per heavy atom. The van der Waals surface area contributed by atoms with E-state index in [0.29, 0.717) is 6.04 Å². The molecule has 1 aromatic rings. The number of methoxy groups -OCH3 is 1. The molecule has 17 heavy (non-hydrogen) atoms. The fourth-order valence-corrected chi connectivity index (χ4v) is 2.45. The zero-order valence-corrected chi connectivity index (χ0v) is 11.0. The Morgan fingerprint density at radius 1 is 1.47 bits per heavy atom. The minimum atomic E-state index is 0.600. The monoisotopic (exact) mass is 234 g/mol. The first-order valence-electron chi connectivity index (χ1n) is 6.28. The van der Waals surface area contributed by atoms with Crippen LogP contribution >= 0.6 is 0 Å². The minimum Gasteiger partial charge on any atom is -0.496 e. The average molecular weight is 234 g/mol. The van der Waals surface area contributed by atoms with E-state index in [-0.39, 0.29) is 0 Å². The summed E-state index contributed by atoms with van der Waals surface area (Å²) >= 11 is 0. The molecule has 1 aliphatic rings. The van der Waals surface area contributed by atoms with Gasteiger partial charge in [-0.2, -0.15) is 0 Å². The molecule has 1 N–H and O–H groups in total. The van der Waals surface area contributed by atoms with E-state index in [0.717, 1.165) is 31.9 Å². The normalized spacial score (nSPS) is 21.5. The third-order valence-corrected chi connectivity index (χ3v) is 3.32. The van der Waals surface area contributed by atoms with Gasteiger partial charge in [-0.05, 0) is 31.0 Å². The highest BCUT2D eigenvalue weighted by atomic mass is 16.5. The molecular formula is C14H22N2O. The van der Waals surface area contributed by atoms with Crippen LogP contribution in [0.2, 0.25) is 0 Å². The molecule has 0 aliphatic carbocycles. The third kappa shape index (κ3) is 3.20. The van der Waals surface area contributed by atoms with E-state index in [1.165, 1.54) is 11.1 Å². The van der Waals surface area contributed by atoms with Gasteiger partial charge in [0.1, 0.15) is 5.75 Å². The smallest absolute Gasteiger partial charge is 0.121 e. The van der Waals surface area contributed by atoms with Gasteiger partial charge in [0.05, 0.1) is 7.11 Å². The minimum absolute atomic E-state index is 0.600. The third-order valence-electron chi connectivity index (χ3n) is 3.32. The second-order valence-corrected chi connectivity index (χ2v) is 4.89. The number of rotatable bonds is 3. The number of hydrogen-bond acceptors (Lipinski definition) is 3. The Morgan fingerprint density at radius 2 is 2.29 bits per heavy atom. The highest BCUT2D eigenvalue weighted by molar-refractivity contribution is 5.36. The van der Waals surface area contributed by atoms with E-state index in [2.05, 4.69) is 42.3 Å². The maximum atomic E-state index is 5.28. The van der Waals surface area contributed by atoms with Gasteiger partial charge in [0, 0.05) is 32.2 Å². The van der Waals surface area contributed by atoms with Gasteiger partial charge in [-0.3, -0.25) is 4.90 Å². The maximum absolute atomic E-state index is 5.28. The van der Waals surface area contributed by atoms with Crippen LogP contribution in [-0.2, 0) is 6.54 Å². The van der Waals surface area contributed by atoms with Crippen LogP contribution in [0.25, 0.3) is 0 Å². The average Bonchev–Trinajstić information content (AvgIpc) is 2.29. The highest BCUT2D eigenvalue weighted by Gasteiger charge is 2.15. The molecule has 1 heterocycles. The first-order valence-corrected chi connectivity index (χ1v) is 6.28. The predicted molar refractivity (Wildman–Crippen MR) is 70.5 cm³/mol. The first-order chi connectivity index (χ1) is 8.19. The van der Waals surface area contributed by atoms with Crippen LogP contribution in [-0.4, -0.2) is 37.7 Å². The summed E-state index contributed by atoms with van der Waals surface area (Å²) in [4.78, 5) is 2.50. The Labute approximate surface area is 104 Å². The number of nitrogens with one attached hydrogen (secondary N) is 1. The van der Waals surface area contributed by atoms with Crippen LogP contribution < -0.4 is 10.1 Å². The lowest BCUT2D eigenvalue weighted by molar-refractivity contribution is 0.199. The molecule has 0 amide bonds. The lowest BCUT2D eigenvalue weighted by atomic mass is 10.1. The van der Waals surface area contributed by atoms with Crippen molar-refractivity contribution in [3.63, 3.8) is 0 Å². The molecule has 94 valence electrons. The number of aryl methyl sites for hydroxylation is 1. The molecule has 0 unspecified atom stereocenters. The summed E-state index contributed by atoms with van der Waals surface area (Å²) in [6.07, 6.45) is 0. The number of nitrogens with zero attached hydrogens (tertiary/aromatic N) is 1. The van der Waals surface area contributed by atoms with Crippen molar-refractivity contribution in [3.05, 3.63) is 29.3 Å². The SMILES string of the molecule is COc1ccc(CN2CCN[C@H](C)C2)cc1C. The summed E-state index contributed by atoms with van der Waals surface area (Å²) in [5.41, 5.74) is 2.59. The van der Waals surface area contributed by atoms with Crippen molar-refractivity contribution >= 4 is 0 Å². The molecule has 3 heteroatoms. The van der Waals surface area contributed by atoms with Crippen molar-refractivity contribution in [3.8, 4) is 5.75 Å². The van der Waals surface area contributed by atoms with Crippen molar-refractivity contribution in [2.24, 2.45) is 0 Å². The number of benzene rings is 1. The number of ether oxygens (including phenoxy) is 1. The van der Waals surface area contributed by atoms with E-state index in [1.807, 2.05) is 0 Å². The van der Waals surface area contributed by atoms with Crippen molar-refractivity contribution in [1.29, 1.82) is 0 Å². The topological polar surface area (TPSA) is 24.5 Å². The lowest BCUT2D eigenvalue weighted by Gasteiger charge is -2.31. The first kappa shape index (κ1) is 12.4. The maximum Gasteiger partial charge on any atom is 0.121 e. The van der Waals surface area contributed by atoms with Crippen LogP contribution in [0, 0.1) is 6.92 Å². The molecule has 2 rings (SSSR count). The van der Waals surface area contributed by atoms with Gasteiger partial charge >= 0.3 is 0 Å². The van der Waals surface area contributed by atoms with Crippen LogP contribution in [0.4, 0.5) is 0 Å². The molecule has 0 saturated carbocycles. The van der Waals surface area contributed by atoms with E-state index in [1.54, 1.807) is 7.11 Å². The molecule has 1 aliphatic heterocycles. The van der Waals surface area contributed by atoms with Crippen LogP contribution in [0.5, 0.6) is 5.75 Å². The summed E-state index contributed by atoms with van der Waals surface area (Å²) in [6, 6.07) is 7.06. The van der Waals surface area contributed by atoms with Gasteiger partial charge < -0.3 is 10.1 Å². The summed E-state index contributed by atoms with van der Waals surface area (Å²) < 4.78 is 5.28. The molecule has 1 atom stereocenters. The van der Waals surface area contributed by atoms with E-state index < -0.39 is 0 Å². The quantitative estimate of drug-likeness (QED) is 0.863. The van der Waals surface area contributed by atoms with Gasteiger partial charge in [0.25, 0.3) is 0 Å². The predicted octanol–water partition coefficient (Wildman–Crippen LogP) is 1.80. The van der Waals surface area contributed by atoms with Crippen molar-refractivity contribution in [2.75, 3.05) is 26.7 Å². The van der Waals surface area contributed by atoms with Crippen molar-refractivity contribution < 1.29 is 4.74 Å². The number of piperazine rings is 1. The molecule has 0 spiro atoms. The Bertz CT molecular complexity index is 378. The lowest BCUT2D eigenvalue weighted by Crippen LogP contribution is -2.48. The molecule has 1 fully saturated rings. The standard InChI is InChI=1S/C14H22N2O/c1-11-8-13(4-5-14(11)17-3)10-16-7-6-15-12(2)9-16/h4-5,8,12,15H,6-7,9-10H2,1-3H3/t12-/m1/s1. The van der Waals surface area contributed by atoms with Gasteiger partial charge in [-0.25, -0.2) is 0 Å². The highest BCUT2D eigenvalue weighted by Crippen LogP contribution is 2.19. The summed E-state index contributed by atoms with van der Waals surface area (Å²) in [7, 11) is 1.72. The zero-order valence-electron chi connectivity index (χ0n) is 11.0. The van der Waals surface area contributed by atoms with Crippen molar-refractivity contribution in [1.82, 2.24) is 10.2 Å². The van der Waals surface area contributed by atoms with Gasteiger partial charge in [-0.15, -0.1) is 0 Å². The summed E-state index contributed by atoms with van der Waals surface area (Å²) in [6.45, 7) is 8.74. The molecular weight excluding hydrogens is 212 g/mol. The zero-order chi connectivity index (χ0) is 12.3. The Hall–Kier alpha value is -1.06. The summed E-state index contributed by atoms with van der Waals surface area (Å²) in [5, 5.41) is 3.47. The molecule has 1 saturated heterocycles. The second-order valence-electron chi connectivity index (χ2n) is 4.89. The molecule has 3 nitrogen and oxygen atoms in total. The Kier molecular flexibility index (Phi) is 4.02. The van der Waals surface area contributed by atoms with Gasteiger partial charge in [0.15, 0.2) is 0 Å². The second kappa shape index (κ2) is 5.52. The Balaban J connectivity index is 2.00. The van der Waals surface area contributed by atoms with Crippen LogP contribution in [0.3, 0.4) is 0 Å². The fourth-order valence-electron chi connectivity index (χ4n) is 2.45. The molecule has 0 bridgehead atoms. The molecule has 0 radical (unpaired) electrons. The van der Waals surface area contributed by atoms with Crippen molar-refractivity contribution in [2.45, 2.75) is 26.4 Å². The molecule has 1 aromatic carbocycles. The number of hydrogen-bond donors (Lipinski definition) is 1. The molecule has 0 aromatic heterocycles. The van der Waals surface area contributed by atoms with Crippen LogP contribution in [0.1, 0.15) is 18.1 Å². The van der Waals surface area contributed by atoms with E-state index in [4.69, 9.17) is 4.74 Å². The van der Waals surface area contributed by atoms with Gasteiger partial charge in [-0.1, -0.05) is 12.1 Å². The largest absolute Gasteiger partial charge is 0.496 e. The van der Waals surface area contributed by atoms with Crippen LogP contribution in [0.15, 0.2) is 18.2 Å². The van der Waals surface area contributed by atoms with Gasteiger partial charge in [0.2, 0.25) is 0 Å². The van der Waals surface area contributed by atoms with E-state index in [9.17, 15) is 0 Å². The summed E-state index contributed by atoms with van der Waals surface area (Å²) in [5.74, 6) is 0.974. The fraction of sp³-hybridized carbons (Fsp3) is 0.571.